The molecule has 3 aromatic rings. The first-order chi connectivity index (χ1) is 9.65. The van der Waals surface area contributed by atoms with Crippen LogP contribution in [0.2, 0.25) is 0 Å². The summed E-state index contributed by atoms with van der Waals surface area (Å²) in [6.45, 7) is 0. The summed E-state index contributed by atoms with van der Waals surface area (Å²) in [5, 5.41) is 13.0. The number of carbonyl (C=O) groups is 1. The van der Waals surface area contributed by atoms with Crippen molar-refractivity contribution in [2.75, 3.05) is 0 Å². The average Bonchev–Trinajstić information content (AvgIpc) is 3.07. The Kier molecular flexibility index (Phi) is 3.37. The highest BCUT2D eigenvalue weighted by molar-refractivity contribution is 9.11. The van der Waals surface area contributed by atoms with Crippen molar-refractivity contribution in [3.05, 3.63) is 45.7 Å². The summed E-state index contributed by atoms with van der Waals surface area (Å²) in [4.78, 5) is 16.3. The predicted molar refractivity (Wildman–Crippen MR) is 77.7 cm³/mol. The number of aromatic nitrogens is 2. The smallest absolute Gasteiger partial charge is 0.336 e. The number of carboxylic acids is 1. The molecule has 20 heavy (non-hydrogen) atoms. The van der Waals surface area contributed by atoms with Gasteiger partial charge in [0.05, 0.1) is 19.8 Å². The Morgan fingerprint density at radius 2 is 2.05 bits per heavy atom. The molecular formula is C13H7BrN2O3S. The summed E-state index contributed by atoms with van der Waals surface area (Å²) in [6, 6.07) is 10.3. The molecule has 100 valence electrons. The van der Waals surface area contributed by atoms with Crippen LogP contribution in [0.1, 0.15) is 10.4 Å². The van der Waals surface area contributed by atoms with E-state index in [-0.39, 0.29) is 11.5 Å². The lowest BCUT2D eigenvalue weighted by Gasteiger charge is -1.99. The lowest BCUT2D eigenvalue weighted by atomic mass is 10.1. The first-order valence-electron chi connectivity index (χ1n) is 5.57. The van der Waals surface area contributed by atoms with Crippen LogP contribution in [0.5, 0.6) is 0 Å². The Labute approximate surface area is 126 Å². The molecule has 0 atom stereocenters. The molecule has 1 N–H and O–H groups in total. The second-order valence-corrected chi connectivity index (χ2v) is 6.34. The standard InChI is InChI=1S/C13H7BrN2O3S/c14-10-6-5-9(20-10)11-15-12(19-16-11)7-3-1-2-4-8(7)13(17)18/h1-6H,(H,17,18). The minimum absolute atomic E-state index is 0.134. The highest BCUT2D eigenvalue weighted by Crippen LogP contribution is 2.31. The van der Waals surface area contributed by atoms with Crippen LogP contribution in [-0.4, -0.2) is 21.2 Å². The third-order valence-electron chi connectivity index (χ3n) is 2.61. The van der Waals surface area contributed by atoms with Crippen molar-refractivity contribution in [1.29, 1.82) is 0 Å². The molecule has 2 aromatic heterocycles. The van der Waals surface area contributed by atoms with E-state index in [0.29, 0.717) is 11.4 Å². The first-order valence-corrected chi connectivity index (χ1v) is 7.18. The van der Waals surface area contributed by atoms with Gasteiger partial charge in [-0.15, -0.1) is 11.3 Å². The van der Waals surface area contributed by atoms with Gasteiger partial charge in [-0.25, -0.2) is 4.79 Å². The SMILES string of the molecule is O=C(O)c1ccccc1-c1nc(-c2ccc(Br)s2)no1. The molecule has 0 fully saturated rings. The molecule has 0 saturated heterocycles. The van der Waals surface area contributed by atoms with E-state index in [1.807, 2.05) is 12.1 Å². The number of hydrogen-bond acceptors (Lipinski definition) is 5. The topological polar surface area (TPSA) is 76.2 Å². The average molecular weight is 351 g/mol. The van der Waals surface area contributed by atoms with Crippen molar-refractivity contribution < 1.29 is 14.4 Å². The fourth-order valence-corrected chi connectivity index (χ4v) is 3.04. The molecule has 5 nitrogen and oxygen atoms in total. The van der Waals surface area contributed by atoms with E-state index < -0.39 is 5.97 Å². The van der Waals surface area contributed by atoms with E-state index >= 15 is 0 Å². The fourth-order valence-electron chi connectivity index (χ4n) is 1.72. The third kappa shape index (κ3) is 2.37. The maximum atomic E-state index is 11.2. The van der Waals surface area contributed by atoms with Crippen LogP contribution in [0.4, 0.5) is 0 Å². The van der Waals surface area contributed by atoms with Crippen LogP contribution in [0.3, 0.4) is 0 Å². The molecule has 1 aromatic carbocycles. The minimum atomic E-state index is -1.03. The number of nitrogens with zero attached hydrogens (tertiary/aromatic N) is 2. The van der Waals surface area contributed by atoms with E-state index in [4.69, 9.17) is 9.63 Å². The van der Waals surface area contributed by atoms with Gasteiger partial charge in [-0.05, 0) is 40.2 Å². The van der Waals surface area contributed by atoms with Gasteiger partial charge in [0, 0.05) is 0 Å². The number of hydrogen-bond donors (Lipinski definition) is 1. The lowest BCUT2D eigenvalue weighted by Crippen LogP contribution is -1.99. The second kappa shape index (κ2) is 5.18. The summed E-state index contributed by atoms with van der Waals surface area (Å²) < 4.78 is 6.13. The molecule has 0 unspecified atom stereocenters. The zero-order valence-corrected chi connectivity index (χ0v) is 12.3. The molecular weight excluding hydrogens is 344 g/mol. The van der Waals surface area contributed by atoms with E-state index in [1.54, 1.807) is 18.2 Å². The van der Waals surface area contributed by atoms with Gasteiger partial charge in [-0.3, -0.25) is 0 Å². The lowest BCUT2D eigenvalue weighted by molar-refractivity contribution is 0.0697. The molecule has 2 heterocycles. The Morgan fingerprint density at radius 3 is 2.75 bits per heavy atom. The Bertz CT molecular complexity index is 781. The maximum Gasteiger partial charge on any atom is 0.336 e. The van der Waals surface area contributed by atoms with Crippen molar-refractivity contribution in [2.24, 2.45) is 0 Å². The van der Waals surface area contributed by atoms with Gasteiger partial charge in [0.25, 0.3) is 5.89 Å². The van der Waals surface area contributed by atoms with Crippen molar-refractivity contribution in [1.82, 2.24) is 10.1 Å². The number of carboxylic acid groups (broad SMARTS) is 1. The molecule has 3 rings (SSSR count). The van der Waals surface area contributed by atoms with Gasteiger partial charge in [-0.1, -0.05) is 17.3 Å². The van der Waals surface area contributed by atoms with Gasteiger partial charge < -0.3 is 9.63 Å². The molecule has 0 radical (unpaired) electrons. The molecule has 0 spiro atoms. The Balaban J connectivity index is 2.05. The van der Waals surface area contributed by atoms with Crippen molar-refractivity contribution in [3.8, 4) is 22.2 Å². The Morgan fingerprint density at radius 1 is 1.25 bits per heavy atom. The molecule has 0 aliphatic carbocycles. The van der Waals surface area contributed by atoms with Crippen LogP contribution in [-0.2, 0) is 0 Å². The highest BCUT2D eigenvalue weighted by Gasteiger charge is 2.17. The van der Waals surface area contributed by atoms with Gasteiger partial charge in [0.15, 0.2) is 0 Å². The molecule has 0 bridgehead atoms. The van der Waals surface area contributed by atoms with E-state index in [9.17, 15) is 4.79 Å². The quantitative estimate of drug-likeness (QED) is 0.774. The van der Waals surface area contributed by atoms with Crippen LogP contribution in [0, 0.1) is 0 Å². The van der Waals surface area contributed by atoms with E-state index in [0.717, 1.165) is 8.66 Å². The number of rotatable bonds is 3. The molecule has 0 aliphatic heterocycles. The molecule has 0 amide bonds. The maximum absolute atomic E-state index is 11.2. The zero-order chi connectivity index (χ0) is 14.1. The van der Waals surface area contributed by atoms with Gasteiger partial charge >= 0.3 is 5.97 Å². The zero-order valence-electron chi connectivity index (χ0n) is 9.91. The minimum Gasteiger partial charge on any atom is -0.478 e. The molecule has 7 heteroatoms. The fraction of sp³-hybridized carbons (Fsp3) is 0. The van der Waals surface area contributed by atoms with Crippen molar-refractivity contribution >= 4 is 33.2 Å². The first kappa shape index (κ1) is 13.0. The highest BCUT2D eigenvalue weighted by atomic mass is 79.9. The van der Waals surface area contributed by atoms with Crippen molar-refractivity contribution in [2.45, 2.75) is 0 Å². The normalized spacial score (nSPS) is 10.7. The van der Waals surface area contributed by atoms with Crippen molar-refractivity contribution in [3.63, 3.8) is 0 Å². The summed E-state index contributed by atoms with van der Waals surface area (Å²) in [7, 11) is 0. The predicted octanol–water partition coefficient (Wildman–Crippen LogP) is 3.93. The number of benzene rings is 1. The van der Waals surface area contributed by atoms with Gasteiger partial charge in [0.2, 0.25) is 5.82 Å². The summed E-state index contributed by atoms with van der Waals surface area (Å²) in [6.07, 6.45) is 0. The van der Waals surface area contributed by atoms with Gasteiger partial charge in [-0.2, -0.15) is 4.98 Å². The van der Waals surface area contributed by atoms with Crippen LogP contribution in [0.25, 0.3) is 22.2 Å². The summed E-state index contributed by atoms with van der Waals surface area (Å²) in [5.41, 5.74) is 0.546. The number of thiophene rings is 1. The summed E-state index contributed by atoms with van der Waals surface area (Å²) in [5.74, 6) is -0.391. The largest absolute Gasteiger partial charge is 0.478 e. The third-order valence-corrected chi connectivity index (χ3v) is 4.23. The van der Waals surface area contributed by atoms with Gasteiger partial charge in [0.1, 0.15) is 0 Å². The van der Waals surface area contributed by atoms with Crippen LogP contribution in [0.15, 0.2) is 44.7 Å². The van der Waals surface area contributed by atoms with Crippen LogP contribution >= 0.6 is 27.3 Å². The molecule has 0 aliphatic rings. The van der Waals surface area contributed by atoms with E-state index in [2.05, 4.69) is 26.1 Å². The monoisotopic (exact) mass is 350 g/mol. The number of halogens is 1. The molecule has 0 saturated carbocycles. The second-order valence-electron chi connectivity index (χ2n) is 3.88. The number of aromatic carboxylic acids is 1. The Hall–Kier alpha value is -1.99. The van der Waals surface area contributed by atoms with Crippen LogP contribution < -0.4 is 0 Å². The van der Waals surface area contributed by atoms with E-state index in [1.165, 1.54) is 17.4 Å². The summed E-state index contributed by atoms with van der Waals surface area (Å²) >= 11 is 4.84.